The molecule has 5 N–H and O–H groups in total. The standard InChI is InChI=1S/C22H22N4O5S/c1-14(22(28)29)26(18-9-6-16(7-10-18)21(23)24)20(27)13-25-32(30,31)19-11-8-15-4-2-3-5-17(15)12-19/h2-12,14,25H,13H2,1H3,(H3,23,24)(H,28,29)/t14-/m0/s1. The fraction of sp³-hybridized carbons (Fsp3) is 0.136. The molecule has 0 saturated heterocycles. The Morgan fingerprint density at radius 3 is 2.28 bits per heavy atom. The van der Waals surface area contributed by atoms with Crippen molar-refractivity contribution in [1.82, 2.24) is 4.72 Å². The number of hydrogen-bond acceptors (Lipinski definition) is 5. The molecule has 10 heteroatoms. The molecule has 32 heavy (non-hydrogen) atoms. The Balaban J connectivity index is 1.83. The minimum absolute atomic E-state index is 0.00681. The molecule has 0 aromatic heterocycles. The van der Waals surface area contributed by atoms with Gasteiger partial charge in [-0.2, -0.15) is 0 Å². The number of amides is 1. The zero-order valence-electron chi connectivity index (χ0n) is 17.1. The van der Waals surface area contributed by atoms with Crippen molar-refractivity contribution in [1.29, 1.82) is 5.41 Å². The molecule has 166 valence electrons. The van der Waals surface area contributed by atoms with Crippen molar-refractivity contribution in [2.75, 3.05) is 11.4 Å². The number of hydrogen-bond donors (Lipinski definition) is 4. The number of carboxylic acid groups (broad SMARTS) is 1. The molecule has 0 aliphatic carbocycles. The van der Waals surface area contributed by atoms with E-state index in [-0.39, 0.29) is 16.4 Å². The topological polar surface area (TPSA) is 154 Å². The maximum atomic E-state index is 12.9. The van der Waals surface area contributed by atoms with Crippen LogP contribution in [0.5, 0.6) is 0 Å². The second-order valence-electron chi connectivity index (χ2n) is 7.07. The van der Waals surface area contributed by atoms with Crippen LogP contribution in [0.4, 0.5) is 5.69 Å². The predicted molar refractivity (Wildman–Crippen MR) is 121 cm³/mol. The average molecular weight is 455 g/mol. The molecule has 0 aliphatic heterocycles. The van der Waals surface area contributed by atoms with Crippen molar-refractivity contribution < 1.29 is 23.1 Å². The van der Waals surface area contributed by atoms with Gasteiger partial charge in [0, 0.05) is 11.3 Å². The summed E-state index contributed by atoms with van der Waals surface area (Å²) < 4.78 is 27.7. The van der Waals surface area contributed by atoms with Gasteiger partial charge in [0.2, 0.25) is 15.9 Å². The summed E-state index contributed by atoms with van der Waals surface area (Å²) in [7, 11) is -4.02. The molecule has 3 aromatic rings. The number of anilines is 1. The monoisotopic (exact) mass is 454 g/mol. The van der Waals surface area contributed by atoms with Crippen LogP contribution in [0.2, 0.25) is 0 Å². The van der Waals surface area contributed by atoms with Gasteiger partial charge in [-0.3, -0.25) is 15.1 Å². The first kappa shape index (κ1) is 22.9. The number of aliphatic carboxylic acids is 1. The van der Waals surface area contributed by atoms with Crippen LogP contribution >= 0.6 is 0 Å². The predicted octanol–water partition coefficient (Wildman–Crippen LogP) is 1.91. The Kier molecular flexibility index (Phi) is 6.56. The molecular formula is C22H22N4O5S. The number of carbonyl (C=O) groups is 2. The first-order valence-corrected chi connectivity index (χ1v) is 11.1. The lowest BCUT2D eigenvalue weighted by Gasteiger charge is -2.27. The molecular weight excluding hydrogens is 432 g/mol. The van der Waals surface area contributed by atoms with Crippen LogP contribution in [0.25, 0.3) is 10.8 Å². The summed E-state index contributed by atoms with van der Waals surface area (Å²) in [5, 5.41) is 18.5. The van der Waals surface area contributed by atoms with E-state index in [0.29, 0.717) is 5.56 Å². The molecule has 1 atom stereocenters. The average Bonchev–Trinajstić information content (AvgIpc) is 2.77. The smallest absolute Gasteiger partial charge is 0.326 e. The van der Waals surface area contributed by atoms with Crippen LogP contribution in [0.15, 0.2) is 71.6 Å². The molecule has 0 bridgehead atoms. The molecule has 0 unspecified atom stereocenters. The third-order valence-corrected chi connectivity index (χ3v) is 6.31. The van der Waals surface area contributed by atoms with Gasteiger partial charge in [-0.05, 0) is 54.1 Å². The highest BCUT2D eigenvalue weighted by atomic mass is 32.2. The summed E-state index contributed by atoms with van der Waals surface area (Å²) in [6.07, 6.45) is 0. The SMILES string of the molecule is C[C@@H](C(=O)O)N(C(=O)CNS(=O)(=O)c1ccc2ccccc2c1)c1ccc(C(=N)N)cc1. The molecule has 0 saturated carbocycles. The van der Waals surface area contributed by atoms with Gasteiger partial charge >= 0.3 is 5.97 Å². The second kappa shape index (κ2) is 9.16. The molecule has 0 spiro atoms. The maximum Gasteiger partial charge on any atom is 0.326 e. The molecule has 0 aliphatic rings. The van der Waals surface area contributed by atoms with Crippen LogP contribution in [-0.4, -0.2) is 43.8 Å². The molecule has 3 aromatic carbocycles. The minimum Gasteiger partial charge on any atom is -0.480 e. The maximum absolute atomic E-state index is 12.9. The van der Waals surface area contributed by atoms with Crippen LogP contribution in [-0.2, 0) is 19.6 Å². The summed E-state index contributed by atoms with van der Waals surface area (Å²) in [4.78, 5) is 25.4. The van der Waals surface area contributed by atoms with Crippen LogP contribution in [0.3, 0.4) is 0 Å². The molecule has 1 amide bonds. The van der Waals surface area contributed by atoms with Crippen molar-refractivity contribution in [3.05, 3.63) is 72.3 Å². The first-order chi connectivity index (χ1) is 15.1. The number of nitrogen functional groups attached to an aromatic ring is 1. The van der Waals surface area contributed by atoms with Gasteiger partial charge in [0.25, 0.3) is 0 Å². The Bertz CT molecular complexity index is 1290. The summed E-state index contributed by atoms with van der Waals surface area (Å²) >= 11 is 0. The fourth-order valence-corrected chi connectivity index (χ4v) is 4.16. The van der Waals surface area contributed by atoms with Crippen molar-refractivity contribution in [2.45, 2.75) is 17.9 Å². The van der Waals surface area contributed by atoms with Gasteiger partial charge in [-0.1, -0.05) is 30.3 Å². The summed E-state index contributed by atoms with van der Waals surface area (Å²) in [5.41, 5.74) is 6.06. The summed E-state index contributed by atoms with van der Waals surface area (Å²) in [6, 6.07) is 16.5. The number of rotatable bonds is 8. The molecule has 0 heterocycles. The van der Waals surface area contributed by atoms with E-state index in [1.165, 1.54) is 43.3 Å². The third-order valence-electron chi connectivity index (χ3n) is 4.91. The summed E-state index contributed by atoms with van der Waals surface area (Å²) in [6.45, 7) is 0.679. The number of carboxylic acids is 1. The zero-order chi connectivity index (χ0) is 23.5. The van der Waals surface area contributed by atoms with Crippen molar-refractivity contribution >= 4 is 44.2 Å². The Labute approximate surface area is 185 Å². The Morgan fingerprint density at radius 1 is 1.06 bits per heavy atom. The van der Waals surface area contributed by atoms with E-state index >= 15 is 0 Å². The minimum atomic E-state index is -4.02. The van der Waals surface area contributed by atoms with Gasteiger partial charge in [0.15, 0.2) is 0 Å². The molecule has 9 nitrogen and oxygen atoms in total. The van der Waals surface area contributed by atoms with E-state index in [1.54, 1.807) is 18.2 Å². The van der Waals surface area contributed by atoms with Gasteiger partial charge in [-0.25, -0.2) is 17.9 Å². The highest BCUT2D eigenvalue weighted by molar-refractivity contribution is 7.89. The lowest BCUT2D eigenvalue weighted by atomic mass is 10.1. The number of nitrogens with one attached hydrogen (secondary N) is 2. The Hall–Kier alpha value is -3.76. The van der Waals surface area contributed by atoms with Crippen LogP contribution in [0, 0.1) is 5.41 Å². The van der Waals surface area contributed by atoms with Crippen LogP contribution < -0.4 is 15.4 Å². The van der Waals surface area contributed by atoms with Gasteiger partial charge in [0.1, 0.15) is 11.9 Å². The molecule has 0 fully saturated rings. The fourth-order valence-electron chi connectivity index (χ4n) is 3.16. The van der Waals surface area contributed by atoms with E-state index in [2.05, 4.69) is 4.72 Å². The number of benzene rings is 3. The lowest BCUT2D eigenvalue weighted by Crippen LogP contribution is -2.48. The number of nitrogens with two attached hydrogens (primary N) is 1. The van der Waals surface area contributed by atoms with E-state index in [1.807, 2.05) is 12.1 Å². The van der Waals surface area contributed by atoms with Gasteiger partial charge in [0.05, 0.1) is 11.4 Å². The number of fused-ring (bicyclic) bond motifs is 1. The number of amidine groups is 1. The van der Waals surface area contributed by atoms with Gasteiger partial charge < -0.3 is 10.8 Å². The number of nitrogens with zero attached hydrogens (tertiary/aromatic N) is 1. The zero-order valence-corrected chi connectivity index (χ0v) is 18.0. The van der Waals surface area contributed by atoms with E-state index in [0.717, 1.165) is 15.7 Å². The van der Waals surface area contributed by atoms with Gasteiger partial charge in [-0.15, -0.1) is 0 Å². The highest BCUT2D eigenvalue weighted by Crippen LogP contribution is 2.20. The molecule has 0 radical (unpaired) electrons. The second-order valence-corrected chi connectivity index (χ2v) is 8.84. The lowest BCUT2D eigenvalue weighted by molar-refractivity contribution is -0.139. The highest BCUT2D eigenvalue weighted by Gasteiger charge is 2.28. The Morgan fingerprint density at radius 2 is 1.69 bits per heavy atom. The van der Waals surface area contributed by atoms with Crippen molar-refractivity contribution in [2.24, 2.45) is 5.73 Å². The van der Waals surface area contributed by atoms with Crippen molar-refractivity contribution in [3.8, 4) is 0 Å². The van der Waals surface area contributed by atoms with Crippen molar-refractivity contribution in [3.63, 3.8) is 0 Å². The van der Waals surface area contributed by atoms with Crippen LogP contribution in [0.1, 0.15) is 12.5 Å². The molecule has 3 rings (SSSR count). The number of sulfonamides is 1. The quantitative estimate of drug-likeness (QED) is 0.301. The normalized spacial score (nSPS) is 12.3. The van der Waals surface area contributed by atoms with E-state index < -0.39 is 34.5 Å². The largest absolute Gasteiger partial charge is 0.480 e. The number of carbonyl (C=O) groups excluding carboxylic acids is 1. The van der Waals surface area contributed by atoms with E-state index in [9.17, 15) is 23.1 Å². The van der Waals surface area contributed by atoms with E-state index in [4.69, 9.17) is 11.1 Å². The first-order valence-electron chi connectivity index (χ1n) is 9.58. The third kappa shape index (κ3) is 4.93. The summed E-state index contributed by atoms with van der Waals surface area (Å²) in [5.74, 6) is -2.19.